The van der Waals surface area contributed by atoms with Crippen molar-refractivity contribution in [2.75, 3.05) is 11.9 Å². The zero-order valence-corrected chi connectivity index (χ0v) is 12.4. The third kappa shape index (κ3) is 3.85. The minimum Gasteiger partial charge on any atom is -0.322 e. The Balaban J connectivity index is 2.28. The molecule has 0 fully saturated rings. The fourth-order valence-corrected chi connectivity index (χ4v) is 2.12. The lowest BCUT2D eigenvalue weighted by Crippen LogP contribution is -2.14. The maximum Gasteiger partial charge on any atom is 0.256 e. The molecule has 2 aromatic carbocycles. The van der Waals surface area contributed by atoms with Gasteiger partial charge in [0.1, 0.15) is 0 Å². The van der Waals surface area contributed by atoms with E-state index in [1.807, 2.05) is 13.0 Å². The summed E-state index contributed by atoms with van der Waals surface area (Å²) < 4.78 is 0. The second-order valence-electron chi connectivity index (χ2n) is 4.46. The van der Waals surface area contributed by atoms with E-state index in [-0.39, 0.29) is 12.5 Å². The standard InChI is InChI=1S/C17H15ClN2O/c1-12-11-14(18)8-9-16(12)20-17(21)15-7-3-2-5-13(15)6-4-10-19/h2-3,5,7-9,11H,10,19H2,1H3,(H,20,21). The summed E-state index contributed by atoms with van der Waals surface area (Å²) in [4.78, 5) is 12.4. The van der Waals surface area contributed by atoms with E-state index in [9.17, 15) is 4.79 Å². The maximum absolute atomic E-state index is 12.4. The highest BCUT2D eigenvalue weighted by Crippen LogP contribution is 2.20. The number of amides is 1. The topological polar surface area (TPSA) is 55.1 Å². The number of carbonyl (C=O) groups is 1. The molecule has 0 radical (unpaired) electrons. The van der Waals surface area contributed by atoms with E-state index < -0.39 is 0 Å². The van der Waals surface area contributed by atoms with Crippen molar-refractivity contribution in [1.82, 2.24) is 0 Å². The Morgan fingerprint density at radius 3 is 2.76 bits per heavy atom. The molecule has 0 aromatic heterocycles. The van der Waals surface area contributed by atoms with Gasteiger partial charge in [0.25, 0.3) is 5.91 Å². The number of anilines is 1. The van der Waals surface area contributed by atoms with E-state index in [1.54, 1.807) is 36.4 Å². The SMILES string of the molecule is Cc1cc(Cl)ccc1NC(=O)c1ccccc1C#CCN. The summed E-state index contributed by atoms with van der Waals surface area (Å²) in [6.07, 6.45) is 0. The Morgan fingerprint density at radius 2 is 2.05 bits per heavy atom. The molecule has 2 rings (SSSR count). The van der Waals surface area contributed by atoms with E-state index in [4.69, 9.17) is 17.3 Å². The third-order valence-electron chi connectivity index (χ3n) is 2.93. The number of nitrogens with two attached hydrogens (primary N) is 1. The molecule has 0 saturated heterocycles. The molecule has 0 atom stereocenters. The van der Waals surface area contributed by atoms with E-state index in [0.717, 1.165) is 11.3 Å². The van der Waals surface area contributed by atoms with Crippen molar-refractivity contribution in [3.8, 4) is 11.8 Å². The molecule has 0 spiro atoms. The normalized spacial score (nSPS) is 9.67. The smallest absolute Gasteiger partial charge is 0.256 e. The highest BCUT2D eigenvalue weighted by Gasteiger charge is 2.11. The molecule has 0 unspecified atom stereocenters. The summed E-state index contributed by atoms with van der Waals surface area (Å²) in [5.41, 5.74) is 8.19. The fraction of sp³-hybridized carbons (Fsp3) is 0.118. The van der Waals surface area contributed by atoms with Crippen molar-refractivity contribution >= 4 is 23.2 Å². The summed E-state index contributed by atoms with van der Waals surface area (Å²) in [7, 11) is 0. The number of hydrogen-bond donors (Lipinski definition) is 2. The van der Waals surface area contributed by atoms with E-state index >= 15 is 0 Å². The first-order chi connectivity index (χ1) is 10.1. The quantitative estimate of drug-likeness (QED) is 0.837. The first-order valence-corrected chi connectivity index (χ1v) is 6.85. The van der Waals surface area contributed by atoms with Gasteiger partial charge in [-0.15, -0.1) is 0 Å². The van der Waals surface area contributed by atoms with Crippen molar-refractivity contribution < 1.29 is 4.79 Å². The number of aryl methyl sites for hydroxylation is 1. The molecular weight excluding hydrogens is 284 g/mol. The zero-order valence-electron chi connectivity index (χ0n) is 11.6. The van der Waals surface area contributed by atoms with Gasteiger partial charge >= 0.3 is 0 Å². The third-order valence-corrected chi connectivity index (χ3v) is 3.17. The predicted molar refractivity (Wildman–Crippen MR) is 86.5 cm³/mol. The molecule has 106 valence electrons. The Labute approximate surface area is 129 Å². The predicted octanol–water partition coefficient (Wildman–Crippen LogP) is 3.21. The molecule has 4 heteroatoms. The molecule has 0 saturated carbocycles. The largest absolute Gasteiger partial charge is 0.322 e. The highest BCUT2D eigenvalue weighted by atomic mass is 35.5. The van der Waals surface area contributed by atoms with Gasteiger partial charge in [-0.05, 0) is 42.8 Å². The molecule has 3 N–H and O–H groups in total. The molecule has 0 heterocycles. The van der Waals surface area contributed by atoms with Crippen LogP contribution in [0, 0.1) is 18.8 Å². The van der Waals surface area contributed by atoms with Crippen LogP contribution in [-0.2, 0) is 0 Å². The molecule has 0 aliphatic rings. The first kappa shape index (κ1) is 15.1. The van der Waals surface area contributed by atoms with Crippen molar-refractivity contribution in [3.63, 3.8) is 0 Å². The van der Waals surface area contributed by atoms with Crippen LogP contribution < -0.4 is 11.1 Å². The number of hydrogen-bond acceptors (Lipinski definition) is 2. The first-order valence-electron chi connectivity index (χ1n) is 6.47. The summed E-state index contributed by atoms with van der Waals surface area (Å²) in [6, 6.07) is 12.5. The van der Waals surface area contributed by atoms with Gasteiger partial charge in [0.15, 0.2) is 0 Å². The molecule has 21 heavy (non-hydrogen) atoms. The second-order valence-corrected chi connectivity index (χ2v) is 4.90. The van der Waals surface area contributed by atoms with Crippen molar-refractivity contribution in [1.29, 1.82) is 0 Å². The summed E-state index contributed by atoms with van der Waals surface area (Å²) in [5, 5.41) is 3.51. The van der Waals surface area contributed by atoms with Crippen LogP contribution in [0.5, 0.6) is 0 Å². The summed E-state index contributed by atoms with van der Waals surface area (Å²) >= 11 is 5.91. The van der Waals surface area contributed by atoms with Crippen LogP contribution >= 0.6 is 11.6 Å². The zero-order chi connectivity index (χ0) is 15.2. The van der Waals surface area contributed by atoms with Crippen LogP contribution in [0.2, 0.25) is 5.02 Å². The molecule has 0 bridgehead atoms. The Hall–Kier alpha value is -2.28. The van der Waals surface area contributed by atoms with E-state index in [2.05, 4.69) is 17.2 Å². The number of benzene rings is 2. The number of carbonyl (C=O) groups excluding carboxylic acids is 1. The summed E-state index contributed by atoms with van der Waals surface area (Å²) in [5.74, 6) is 5.46. The van der Waals surface area contributed by atoms with Gasteiger partial charge in [-0.25, -0.2) is 0 Å². The minimum absolute atomic E-state index is 0.206. The van der Waals surface area contributed by atoms with Gasteiger partial charge in [-0.1, -0.05) is 35.6 Å². The van der Waals surface area contributed by atoms with Crippen LogP contribution in [0.25, 0.3) is 0 Å². The Morgan fingerprint density at radius 1 is 1.29 bits per heavy atom. The number of rotatable bonds is 2. The number of halogens is 1. The molecule has 0 aliphatic heterocycles. The lowest BCUT2D eigenvalue weighted by molar-refractivity contribution is 0.102. The van der Waals surface area contributed by atoms with Gasteiger partial charge in [-0.2, -0.15) is 0 Å². The monoisotopic (exact) mass is 298 g/mol. The van der Waals surface area contributed by atoms with Crippen LogP contribution in [0.15, 0.2) is 42.5 Å². The van der Waals surface area contributed by atoms with Gasteiger partial charge in [0.05, 0.1) is 12.1 Å². The molecule has 3 nitrogen and oxygen atoms in total. The van der Waals surface area contributed by atoms with E-state index in [1.165, 1.54) is 0 Å². The number of nitrogens with one attached hydrogen (secondary N) is 1. The molecule has 2 aromatic rings. The Kier molecular flexibility index (Phi) is 4.99. The highest BCUT2D eigenvalue weighted by molar-refractivity contribution is 6.30. The van der Waals surface area contributed by atoms with E-state index in [0.29, 0.717) is 16.1 Å². The fourth-order valence-electron chi connectivity index (χ4n) is 1.89. The average Bonchev–Trinajstić information content (AvgIpc) is 2.48. The average molecular weight is 299 g/mol. The van der Waals surface area contributed by atoms with Crippen LogP contribution in [-0.4, -0.2) is 12.5 Å². The maximum atomic E-state index is 12.4. The lowest BCUT2D eigenvalue weighted by atomic mass is 10.1. The molecule has 1 amide bonds. The van der Waals surface area contributed by atoms with Crippen molar-refractivity contribution in [2.24, 2.45) is 5.73 Å². The minimum atomic E-state index is -0.206. The van der Waals surface area contributed by atoms with Crippen LogP contribution in [0.4, 0.5) is 5.69 Å². The molecular formula is C17H15ClN2O. The van der Waals surface area contributed by atoms with Crippen molar-refractivity contribution in [3.05, 3.63) is 64.2 Å². The van der Waals surface area contributed by atoms with Gasteiger partial charge in [0, 0.05) is 16.3 Å². The van der Waals surface area contributed by atoms with Gasteiger partial charge in [-0.3, -0.25) is 4.79 Å². The van der Waals surface area contributed by atoms with Gasteiger partial charge < -0.3 is 11.1 Å². The summed E-state index contributed by atoms with van der Waals surface area (Å²) in [6.45, 7) is 2.15. The Bertz CT molecular complexity index is 729. The lowest BCUT2D eigenvalue weighted by Gasteiger charge is -2.10. The second kappa shape index (κ2) is 6.94. The van der Waals surface area contributed by atoms with Gasteiger partial charge in [0.2, 0.25) is 0 Å². The van der Waals surface area contributed by atoms with Crippen molar-refractivity contribution in [2.45, 2.75) is 6.92 Å². The van der Waals surface area contributed by atoms with Crippen LogP contribution in [0.1, 0.15) is 21.5 Å². The molecule has 0 aliphatic carbocycles. The van der Waals surface area contributed by atoms with Crippen LogP contribution in [0.3, 0.4) is 0 Å².